The standard InChI is InChI=1S/C7H15N2O2S/c1-3-9-5-4-8-6-7(9)12(2,10)11/h7-8H,1,3-6H2,2H3. The first-order valence-electron chi connectivity index (χ1n) is 3.98. The molecular weight excluding hydrogens is 176 g/mol. The third-order valence-electron chi connectivity index (χ3n) is 2.08. The van der Waals surface area contributed by atoms with Crippen LogP contribution >= 0.6 is 0 Å². The Balaban J connectivity index is 2.72. The molecule has 1 radical (unpaired) electrons. The van der Waals surface area contributed by atoms with Gasteiger partial charge < -0.3 is 5.32 Å². The van der Waals surface area contributed by atoms with E-state index in [0.717, 1.165) is 13.1 Å². The lowest BCUT2D eigenvalue weighted by Crippen LogP contribution is -2.54. The Hall–Kier alpha value is -0.130. The first kappa shape index (κ1) is 9.95. The van der Waals surface area contributed by atoms with Crippen LogP contribution in [-0.2, 0) is 9.84 Å². The van der Waals surface area contributed by atoms with Gasteiger partial charge in [0, 0.05) is 25.9 Å². The predicted octanol–water partition coefficient (Wildman–Crippen LogP) is -0.904. The monoisotopic (exact) mass is 191 g/mol. The highest BCUT2D eigenvalue weighted by Gasteiger charge is 2.28. The van der Waals surface area contributed by atoms with Gasteiger partial charge in [0.2, 0.25) is 0 Å². The van der Waals surface area contributed by atoms with Crippen molar-refractivity contribution in [2.45, 2.75) is 5.37 Å². The van der Waals surface area contributed by atoms with Gasteiger partial charge in [0.15, 0.2) is 9.84 Å². The van der Waals surface area contributed by atoms with Gasteiger partial charge in [-0.05, 0) is 13.5 Å². The van der Waals surface area contributed by atoms with Gasteiger partial charge in [-0.25, -0.2) is 8.42 Å². The van der Waals surface area contributed by atoms with Gasteiger partial charge >= 0.3 is 0 Å². The van der Waals surface area contributed by atoms with E-state index in [2.05, 4.69) is 12.2 Å². The molecule has 0 aromatic heterocycles. The Morgan fingerprint density at radius 3 is 2.75 bits per heavy atom. The SMILES string of the molecule is [CH2]CN1CCNCC1S(C)(=O)=O. The third kappa shape index (κ3) is 2.18. The van der Waals surface area contributed by atoms with Crippen molar-refractivity contribution in [1.29, 1.82) is 0 Å². The van der Waals surface area contributed by atoms with Crippen molar-refractivity contribution >= 4 is 9.84 Å². The van der Waals surface area contributed by atoms with Gasteiger partial charge in [0.25, 0.3) is 0 Å². The molecular formula is C7H15N2O2S. The minimum atomic E-state index is -2.96. The molecule has 1 unspecified atom stereocenters. The normalized spacial score (nSPS) is 27.3. The minimum Gasteiger partial charge on any atom is -0.313 e. The van der Waals surface area contributed by atoms with Crippen LogP contribution in [0, 0.1) is 6.92 Å². The lowest BCUT2D eigenvalue weighted by molar-refractivity contribution is 0.231. The Kier molecular flexibility index (Phi) is 3.09. The Bertz CT molecular complexity index is 238. The smallest absolute Gasteiger partial charge is 0.164 e. The molecule has 0 bridgehead atoms. The summed E-state index contributed by atoms with van der Waals surface area (Å²) in [6.07, 6.45) is 1.27. The number of nitrogens with one attached hydrogen (secondary N) is 1. The van der Waals surface area contributed by atoms with Crippen molar-refractivity contribution < 1.29 is 8.42 Å². The van der Waals surface area contributed by atoms with Crippen molar-refractivity contribution in [3.05, 3.63) is 6.92 Å². The van der Waals surface area contributed by atoms with Crippen LogP contribution in [0.1, 0.15) is 0 Å². The highest BCUT2D eigenvalue weighted by molar-refractivity contribution is 7.91. The van der Waals surface area contributed by atoms with Crippen LogP contribution in [-0.4, -0.2) is 51.1 Å². The summed E-state index contributed by atoms with van der Waals surface area (Å²) in [6, 6.07) is 0. The van der Waals surface area contributed by atoms with Gasteiger partial charge in [-0.1, -0.05) is 0 Å². The number of piperazine rings is 1. The average molecular weight is 191 g/mol. The van der Waals surface area contributed by atoms with E-state index in [1.54, 1.807) is 0 Å². The van der Waals surface area contributed by atoms with Crippen molar-refractivity contribution in [2.75, 3.05) is 32.4 Å². The van der Waals surface area contributed by atoms with Crippen molar-refractivity contribution in [2.24, 2.45) is 0 Å². The van der Waals surface area contributed by atoms with Crippen molar-refractivity contribution in [3.8, 4) is 0 Å². The Morgan fingerprint density at radius 2 is 2.33 bits per heavy atom. The summed E-state index contributed by atoms with van der Waals surface area (Å²) in [4.78, 5) is 1.88. The molecule has 1 fully saturated rings. The zero-order valence-electron chi connectivity index (χ0n) is 7.28. The summed E-state index contributed by atoms with van der Waals surface area (Å²) in [5, 5.41) is 2.67. The van der Waals surface area contributed by atoms with Crippen LogP contribution in [0.4, 0.5) is 0 Å². The molecule has 0 amide bonds. The molecule has 1 heterocycles. The zero-order chi connectivity index (χ0) is 9.19. The molecule has 5 heteroatoms. The Morgan fingerprint density at radius 1 is 1.67 bits per heavy atom. The van der Waals surface area contributed by atoms with E-state index in [4.69, 9.17) is 0 Å². The molecule has 1 atom stereocenters. The largest absolute Gasteiger partial charge is 0.313 e. The summed E-state index contributed by atoms with van der Waals surface area (Å²) in [7, 11) is -2.96. The predicted molar refractivity (Wildman–Crippen MR) is 48.4 cm³/mol. The quantitative estimate of drug-likeness (QED) is 0.614. The maximum Gasteiger partial charge on any atom is 0.164 e. The lowest BCUT2D eigenvalue weighted by atomic mass is 10.4. The Labute approximate surface area is 73.9 Å². The molecule has 1 rings (SSSR count). The van der Waals surface area contributed by atoms with E-state index < -0.39 is 9.84 Å². The molecule has 1 aliphatic heterocycles. The van der Waals surface area contributed by atoms with Crippen LogP contribution in [0.15, 0.2) is 0 Å². The molecule has 1 N–H and O–H groups in total. The molecule has 0 saturated carbocycles. The van der Waals surface area contributed by atoms with Crippen LogP contribution < -0.4 is 5.32 Å². The molecule has 0 aliphatic carbocycles. The van der Waals surface area contributed by atoms with Crippen molar-refractivity contribution in [3.63, 3.8) is 0 Å². The van der Waals surface area contributed by atoms with E-state index in [1.165, 1.54) is 6.26 Å². The summed E-state index contributed by atoms with van der Waals surface area (Å²) in [6.45, 7) is 6.40. The number of hydrogen-bond donors (Lipinski definition) is 1. The highest BCUT2D eigenvalue weighted by Crippen LogP contribution is 2.07. The van der Waals surface area contributed by atoms with Crippen LogP contribution in [0.25, 0.3) is 0 Å². The van der Waals surface area contributed by atoms with Crippen LogP contribution in [0.2, 0.25) is 0 Å². The molecule has 12 heavy (non-hydrogen) atoms. The molecule has 0 spiro atoms. The van der Waals surface area contributed by atoms with Crippen LogP contribution in [0.5, 0.6) is 0 Å². The first-order chi connectivity index (χ1) is 5.55. The van der Waals surface area contributed by atoms with E-state index in [9.17, 15) is 8.42 Å². The molecule has 0 aromatic rings. The number of rotatable bonds is 2. The van der Waals surface area contributed by atoms with Gasteiger partial charge in [0.1, 0.15) is 5.37 Å². The summed E-state index contributed by atoms with van der Waals surface area (Å²) >= 11 is 0. The van der Waals surface area contributed by atoms with Gasteiger partial charge in [0.05, 0.1) is 0 Å². The lowest BCUT2D eigenvalue weighted by Gasteiger charge is -2.33. The fourth-order valence-corrected chi connectivity index (χ4v) is 2.57. The minimum absolute atomic E-state index is 0.385. The summed E-state index contributed by atoms with van der Waals surface area (Å²) in [5.41, 5.74) is 0. The number of nitrogens with zero attached hydrogens (tertiary/aromatic N) is 1. The maximum absolute atomic E-state index is 11.2. The summed E-state index contributed by atoms with van der Waals surface area (Å²) < 4.78 is 22.5. The third-order valence-corrected chi connectivity index (χ3v) is 3.54. The van der Waals surface area contributed by atoms with E-state index >= 15 is 0 Å². The van der Waals surface area contributed by atoms with Gasteiger partial charge in [-0.2, -0.15) is 0 Å². The second kappa shape index (κ2) is 3.72. The fourth-order valence-electron chi connectivity index (χ4n) is 1.40. The summed E-state index contributed by atoms with van der Waals surface area (Å²) in [5.74, 6) is 0. The number of sulfone groups is 1. The second-order valence-electron chi connectivity index (χ2n) is 3.02. The van der Waals surface area contributed by atoms with E-state index in [1.807, 2.05) is 4.90 Å². The second-order valence-corrected chi connectivity index (χ2v) is 5.23. The zero-order valence-corrected chi connectivity index (χ0v) is 8.10. The number of hydrogen-bond acceptors (Lipinski definition) is 4. The van der Waals surface area contributed by atoms with Crippen molar-refractivity contribution in [1.82, 2.24) is 10.2 Å². The average Bonchev–Trinajstić information content (AvgIpc) is 2.03. The molecule has 1 saturated heterocycles. The topological polar surface area (TPSA) is 49.4 Å². The molecule has 71 valence electrons. The molecule has 0 aromatic carbocycles. The van der Waals surface area contributed by atoms with E-state index in [0.29, 0.717) is 13.1 Å². The fraction of sp³-hybridized carbons (Fsp3) is 0.857. The van der Waals surface area contributed by atoms with Crippen LogP contribution in [0.3, 0.4) is 0 Å². The van der Waals surface area contributed by atoms with E-state index in [-0.39, 0.29) is 5.37 Å². The van der Waals surface area contributed by atoms with Gasteiger partial charge in [-0.3, -0.25) is 4.90 Å². The highest BCUT2D eigenvalue weighted by atomic mass is 32.2. The first-order valence-corrected chi connectivity index (χ1v) is 5.94. The molecule has 4 nitrogen and oxygen atoms in total. The molecule has 1 aliphatic rings. The van der Waals surface area contributed by atoms with Gasteiger partial charge in [-0.15, -0.1) is 0 Å². The maximum atomic E-state index is 11.2.